The van der Waals surface area contributed by atoms with E-state index in [9.17, 15) is 14.4 Å². The molecule has 1 atom stereocenters. The number of amides is 3. The maximum absolute atomic E-state index is 13.1. The molecule has 1 N–H and O–H groups in total. The molecule has 7 heteroatoms. The third-order valence-electron chi connectivity index (χ3n) is 4.97. The lowest BCUT2D eigenvalue weighted by Gasteiger charge is -2.28. The summed E-state index contributed by atoms with van der Waals surface area (Å²) in [5.74, 6) is -0.116. The monoisotopic (exact) mass is 387 g/mol. The largest absolute Gasteiger partial charge is 0.444 e. The number of hydrogen-bond acceptors (Lipinski definition) is 4. The highest BCUT2D eigenvalue weighted by molar-refractivity contribution is 5.99. The zero-order valence-corrected chi connectivity index (χ0v) is 16.9. The van der Waals surface area contributed by atoms with Gasteiger partial charge in [-0.1, -0.05) is 6.07 Å². The van der Waals surface area contributed by atoms with Crippen LogP contribution in [0, 0.1) is 0 Å². The highest BCUT2D eigenvalue weighted by atomic mass is 16.6. The Kier molecular flexibility index (Phi) is 5.91. The molecule has 0 aromatic heterocycles. The van der Waals surface area contributed by atoms with Gasteiger partial charge in [0.1, 0.15) is 11.6 Å². The smallest absolute Gasteiger partial charge is 0.412 e. The Hall–Kier alpha value is -2.57. The molecule has 0 aliphatic carbocycles. The van der Waals surface area contributed by atoms with Crippen molar-refractivity contribution in [2.75, 3.05) is 25.0 Å². The van der Waals surface area contributed by atoms with Gasteiger partial charge in [-0.15, -0.1) is 0 Å². The average molecular weight is 387 g/mol. The van der Waals surface area contributed by atoms with E-state index in [-0.39, 0.29) is 17.9 Å². The van der Waals surface area contributed by atoms with Crippen molar-refractivity contribution < 1.29 is 19.1 Å². The van der Waals surface area contributed by atoms with Crippen molar-refractivity contribution in [1.29, 1.82) is 0 Å². The van der Waals surface area contributed by atoms with Crippen LogP contribution in [-0.4, -0.2) is 59.0 Å². The molecule has 0 spiro atoms. The lowest BCUT2D eigenvalue weighted by molar-refractivity contribution is -0.134. The van der Waals surface area contributed by atoms with E-state index in [1.54, 1.807) is 49.9 Å². The fourth-order valence-corrected chi connectivity index (χ4v) is 3.73. The Morgan fingerprint density at radius 3 is 2.46 bits per heavy atom. The van der Waals surface area contributed by atoms with E-state index in [0.29, 0.717) is 24.2 Å². The van der Waals surface area contributed by atoms with E-state index < -0.39 is 11.7 Å². The van der Waals surface area contributed by atoms with Crippen LogP contribution in [0.25, 0.3) is 0 Å². The molecule has 2 fully saturated rings. The Morgan fingerprint density at radius 2 is 1.79 bits per heavy atom. The number of nitrogens with zero attached hydrogens (tertiary/aromatic N) is 2. The standard InChI is InChI=1S/C21H29N3O4/c1-21(2,3)28-20(27)22-16-9-6-8-15(14-16)18(25)24-13-7-10-17(24)19(26)23-11-4-5-12-23/h6,8-9,14,17H,4-5,7,10-13H2,1-3H3,(H,22,27). The fraction of sp³-hybridized carbons (Fsp3) is 0.571. The Labute approximate surface area is 166 Å². The van der Waals surface area contributed by atoms with Gasteiger partial charge >= 0.3 is 6.09 Å². The second-order valence-electron chi connectivity index (χ2n) is 8.40. The second kappa shape index (κ2) is 8.20. The minimum atomic E-state index is -0.601. The van der Waals surface area contributed by atoms with Crippen LogP contribution < -0.4 is 5.32 Å². The lowest BCUT2D eigenvalue weighted by Crippen LogP contribution is -2.46. The predicted molar refractivity (Wildman–Crippen MR) is 106 cm³/mol. The minimum Gasteiger partial charge on any atom is -0.444 e. The van der Waals surface area contributed by atoms with Crippen LogP contribution in [0.2, 0.25) is 0 Å². The molecular weight excluding hydrogens is 358 g/mol. The molecule has 0 bridgehead atoms. The van der Waals surface area contributed by atoms with Gasteiger partial charge in [-0.3, -0.25) is 14.9 Å². The Balaban J connectivity index is 1.69. The third-order valence-corrected chi connectivity index (χ3v) is 4.97. The molecule has 2 aliphatic heterocycles. The second-order valence-corrected chi connectivity index (χ2v) is 8.40. The van der Waals surface area contributed by atoms with Gasteiger partial charge in [0.05, 0.1) is 0 Å². The lowest BCUT2D eigenvalue weighted by atomic mass is 10.1. The fourth-order valence-electron chi connectivity index (χ4n) is 3.73. The van der Waals surface area contributed by atoms with Crippen LogP contribution in [0.4, 0.5) is 10.5 Å². The number of carbonyl (C=O) groups is 3. The molecule has 0 radical (unpaired) electrons. The van der Waals surface area contributed by atoms with Gasteiger partial charge in [0.25, 0.3) is 5.91 Å². The molecule has 152 valence electrons. The van der Waals surface area contributed by atoms with Gasteiger partial charge in [0.2, 0.25) is 5.91 Å². The molecule has 28 heavy (non-hydrogen) atoms. The van der Waals surface area contributed by atoms with E-state index in [1.165, 1.54) is 0 Å². The van der Waals surface area contributed by atoms with Crippen molar-refractivity contribution >= 4 is 23.6 Å². The minimum absolute atomic E-state index is 0.0615. The summed E-state index contributed by atoms with van der Waals surface area (Å²) in [4.78, 5) is 41.4. The zero-order valence-electron chi connectivity index (χ0n) is 16.9. The van der Waals surface area contributed by atoms with Gasteiger partial charge in [0, 0.05) is 30.9 Å². The summed E-state index contributed by atoms with van der Waals surface area (Å²) in [5.41, 5.74) is 0.340. The maximum Gasteiger partial charge on any atom is 0.412 e. The third kappa shape index (κ3) is 4.82. The van der Waals surface area contributed by atoms with Crippen molar-refractivity contribution in [2.24, 2.45) is 0 Å². The summed E-state index contributed by atoms with van der Waals surface area (Å²) in [5, 5.41) is 2.66. The number of nitrogens with one attached hydrogen (secondary N) is 1. The summed E-state index contributed by atoms with van der Waals surface area (Å²) in [6, 6.07) is 6.37. The molecule has 0 saturated carbocycles. The summed E-state index contributed by atoms with van der Waals surface area (Å²) in [6.45, 7) is 7.51. The van der Waals surface area contributed by atoms with Gasteiger partial charge in [-0.2, -0.15) is 0 Å². The number of anilines is 1. The maximum atomic E-state index is 13.1. The molecule has 2 heterocycles. The molecule has 3 rings (SSSR count). The number of benzene rings is 1. The van der Waals surface area contributed by atoms with Gasteiger partial charge < -0.3 is 14.5 Å². The first-order valence-electron chi connectivity index (χ1n) is 9.94. The van der Waals surface area contributed by atoms with E-state index >= 15 is 0 Å². The molecule has 3 amide bonds. The average Bonchev–Trinajstić information content (AvgIpc) is 3.31. The van der Waals surface area contributed by atoms with E-state index in [1.807, 2.05) is 4.90 Å². The normalized spacial score (nSPS) is 19.6. The van der Waals surface area contributed by atoms with Crippen LogP contribution in [0.15, 0.2) is 24.3 Å². The van der Waals surface area contributed by atoms with Gasteiger partial charge in [-0.25, -0.2) is 4.79 Å². The first kappa shape index (κ1) is 20.2. The molecule has 1 aromatic rings. The topological polar surface area (TPSA) is 79.0 Å². The number of likely N-dealkylation sites (tertiary alicyclic amines) is 2. The summed E-state index contributed by atoms with van der Waals surface area (Å²) < 4.78 is 5.25. The van der Waals surface area contributed by atoms with Crippen LogP contribution in [-0.2, 0) is 9.53 Å². The van der Waals surface area contributed by atoms with Crippen molar-refractivity contribution in [3.8, 4) is 0 Å². The molecule has 1 aromatic carbocycles. The molecule has 1 unspecified atom stereocenters. The first-order chi connectivity index (χ1) is 13.2. The van der Waals surface area contributed by atoms with Gasteiger partial charge in [-0.05, 0) is 64.7 Å². The Morgan fingerprint density at radius 1 is 1.07 bits per heavy atom. The van der Waals surface area contributed by atoms with Crippen molar-refractivity contribution in [1.82, 2.24) is 9.80 Å². The quantitative estimate of drug-likeness (QED) is 0.863. The van der Waals surface area contributed by atoms with Crippen LogP contribution in [0.1, 0.15) is 56.8 Å². The highest BCUT2D eigenvalue weighted by Gasteiger charge is 2.37. The molecular formula is C21H29N3O4. The van der Waals surface area contributed by atoms with Crippen molar-refractivity contribution in [3.63, 3.8) is 0 Å². The summed E-state index contributed by atoms with van der Waals surface area (Å²) in [6.07, 6.45) is 3.03. The van der Waals surface area contributed by atoms with E-state index in [0.717, 1.165) is 32.4 Å². The number of hydrogen-bond donors (Lipinski definition) is 1. The van der Waals surface area contributed by atoms with Crippen molar-refractivity contribution in [3.05, 3.63) is 29.8 Å². The molecule has 2 saturated heterocycles. The number of ether oxygens (including phenoxy) is 1. The van der Waals surface area contributed by atoms with Crippen LogP contribution in [0.5, 0.6) is 0 Å². The van der Waals surface area contributed by atoms with Crippen LogP contribution >= 0.6 is 0 Å². The number of carbonyl (C=O) groups excluding carboxylic acids is 3. The van der Waals surface area contributed by atoms with Crippen LogP contribution in [0.3, 0.4) is 0 Å². The zero-order chi connectivity index (χ0) is 20.3. The highest BCUT2D eigenvalue weighted by Crippen LogP contribution is 2.24. The number of rotatable bonds is 3. The molecule has 7 nitrogen and oxygen atoms in total. The first-order valence-corrected chi connectivity index (χ1v) is 9.94. The summed E-state index contributed by atoms with van der Waals surface area (Å²) >= 11 is 0. The van der Waals surface area contributed by atoms with Gasteiger partial charge in [0.15, 0.2) is 0 Å². The Bertz CT molecular complexity index is 750. The molecule has 2 aliphatic rings. The summed E-state index contributed by atoms with van der Waals surface area (Å²) in [7, 11) is 0. The van der Waals surface area contributed by atoms with E-state index in [2.05, 4.69) is 5.32 Å². The van der Waals surface area contributed by atoms with E-state index in [4.69, 9.17) is 4.74 Å². The SMILES string of the molecule is CC(C)(C)OC(=O)Nc1cccc(C(=O)N2CCCC2C(=O)N2CCCC2)c1. The van der Waals surface area contributed by atoms with Crippen molar-refractivity contribution in [2.45, 2.75) is 58.1 Å². The predicted octanol–water partition coefficient (Wildman–Crippen LogP) is 3.26.